The number of hydrogen-bond acceptors (Lipinski definition) is 3. The van der Waals surface area contributed by atoms with Crippen LogP contribution in [0.5, 0.6) is 0 Å². The van der Waals surface area contributed by atoms with Gasteiger partial charge >= 0.3 is 5.97 Å². The number of esters is 1. The van der Waals surface area contributed by atoms with Crippen molar-refractivity contribution in [2.75, 3.05) is 12.0 Å². The van der Waals surface area contributed by atoms with Gasteiger partial charge in [-0.2, -0.15) is 0 Å². The van der Waals surface area contributed by atoms with E-state index in [1.807, 2.05) is 66.7 Å². The summed E-state index contributed by atoms with van der Waals surface area (Å²) in [6, 6.07) is 38.6. The summed E-state index contributed by atoms with van der Waals surface area (Å²) in [5.41, 5.74) is 6.47. The quantitative estimate of drug-likeness (QED) is 0.251. The van der Waals surface area contributed by atoms with E-state index in [9.17, 15) is 4.79 Å². The average molecular weight is 461 g/mol. The zero-order chi connectivity index (χ0) is 24.0. The van der Waals surface area contributed by atoms with Gasteiger partial charge in [-0.05, 0) is 34.9 Å². The van der Waals surface area contributed by atoms with Gasteiger partial charge in [-0.3, -0.25) is 0 Å². The SMILES string of the molecule is COC(=O)[C@@H](Cc1ccccc1)N(Cc1ccccc1)c1cc(-c2ccccc2)n2ccccc12. The van der Waals surface area contributed by atoms with Crippen LogP contribution in [0.4, 0.5) is 5.69 Å². The number of aromatic nitrogens is 1. The third kappa shape index (κ3) is 4.82. The van der Waals surface area contributed by atoms with E-state index in [4.69, 9.17) is 4.74 Å². The van der Waals surface area contributed by atoms with E-state index in [-0.39, 0.29) is 5.97 Å². The molecule has 3 aromatic carbocycles. The van der Waals surface area contributed by atoms with Crippen LogP contribution in [-0.4, -0.2) is 23.5 Å². The van der Waals surface area contributed by atoms with E-state index in [1.165, 1.54) is 7.11 Å². The zero-order valence-corrected chi connectivity index (χ0v) is 19.7. The fourth-order valence-electron chi connectivity index (χ4n) is 4.63. The number of anilines is 1. The zero-order valence-electron chi connectivity index (χ0n) is 19.7. The van der Waals surface area contributed by atoms with Crippen molar-refractivity contribution in [1.29, 1.82) is 0 Å². The highest BCUT2D eigenvalue weighted by atomic mass is 16.5. The van der Waals surface area contributed by atoms with Crippen LogP contribution in [0.3, 0.4) is 0 Å². The number of benzene rings is 3. The van der Waals surface area contributed by atoms with Gasteiger partial charge in [0.25, 0.3) is 0 Å². The van der Waals surface area contributed by atoms with Gasteiger partial charge in [0.05, 0.1) is 24.0 Å². The van der Waals surface area contributed by atoms with E-state index < -0.39 is 6.04 Å². The molecule has 0 spiro atoms. The lowest BCUT2D eigenvalue weighted by Crippen LogP contribution is -2.43. The molecule has 0 aliphatic rings. The molecule has 0 aliphatic carbocycles. The maximum absolute atomic E-state index is 13.3. The second-order valence-electron chi connectivity index (χ2n) is 8.58. The molecule has 2 aromatic heterocycles. The Morgan fingerprint density at radius 3 is 2.06 bits per heavy atom. The van der Waals surface area contributed by atoms with Crippen LogP contribution in [0, 0.1) is 0 Å². The Morgan fingerprint density at radius 1 is 0.800 bits per heavy atom. The molecule has 0 aliphatic heterocycles. The average Bonchev–Trinajstić information content (AvgIpc) is 3.31. The van der Waals surface area contributed by atoms with Crippen LogP contribution in [-0.2, 0) is 22.5 Å². The van der Waals surface area contributed by atoms with Crippen molar-refractivity contribution in [3.63, 3.8) is 0 Å². The van der Waals surface area contributed by atoms with E-state index in [1.54, 1.807) is 0 Å². The highest BCUT2D eigenvalue weighted by Crippen LogP contribution is 2.35. The molecule has 0 saturated carbocycles. The fourth-order valence-corrected chi connectivity index (χ4v) is 4.63. The topological polar surface area (TPSA) is 34.0 Å². The summed E-state index contributed by atoms with van der Waals surface area (Å²) in [6.45, 7) is 0.580. The summed E-state index contributed by atoms with van der Waals surface area (Å²) in [7, 11) is 1.47. The summed E-state index contributed by atoms with van der Waals surface area (Å²) in [5.74, 6) is -0.249. The minimum Gasteiger partial charge on any atom is -0.467 e. The first kappa shape index (κ1) is 22.5. The van der Waals surface area contributed by atoms with Gasteiger partial charge in [-0.1, -0.05) is 97.1 Å². The number of nitrogens with zero attached hydrogens (tertiary/aromatic N) is 2. The van der Waals surface area contributed by atoms with Crippen LogP contribution in [0.15, 0.2) is 121 Å². The summed E-state index contributed by atoms with van der Waals surface area (Å²) in [6.07, 6.45) is 2.62. The van der Waals surface area contributed by atoms with Gasteiger partial charge in [-0.25, -0.2) is 4.79 Å². The van der Waals surface area contributed by atoms with Crippen LogP contribution in [0.1, 0.15) is 11.1 Å². The number of methoxy groups -OCH3 is 1. The number of carbonyl (C=O) groups excluding carboxylic acids is 1. The molecule has 5 rings (SSSR count). The van der Waals surface area contributed by atoms with Gasteiger partial charge in [0, 0.05) is 19.2 Å². The third-order valence-electron chi connectivity index (χ3n) is 6.35. The normalized spacial score (nSPS) is 11.8. The second kappa shape index (κ2) is 10.3. The lowest BCUT2D eigenvalue weighted by molar-refractivity contribution is -0.142. The minimum atomic E-state index is -0.488. The maximum atomic E-state index is 13.3. The first-order valence-corrected chi connectivity index (χ1v) is 11.8. The van der Waals surface area contributed by atoms with Crippen LogP contribution in [0.2, 0.25) is 0 Å². The second-order valence-corrected chi connectivity index (χ2v) is 8.58. The number of ether oxygens (including phenoxy) is 1. The van der Waals surface area contributed by atoms with Crippen molar-refractivity contribution in [2.24, 2.45) is 0 Å². The Morgan fingerprint density at radius 2 is 1.40 bits per heavy atom. The van der Waals surface area contributed by atoms with E-state index >= 15 is 0 Å². The molecule has 0 N–H and O–H groups in total. The molecule has 4 nitrogen and oxygen atoms in total. The lowest BCUT2D eigenvalue weighted by atomic mass is 10.0. The maximum Gasteiger partial charge on any atom is 0.328 e. The van der Waals surface area contributed by atoms with E-state index in [0.717, 1.165) is 33.6 Å². The molecule has 1 atom stereocenters. The molecule has 0 saturated heterocycles. The Labute approximate surface area is 206 Å². The molecular weight excluding hydrogens is 432 g/mol. The van der Waals surface area contributed by atoms with Crippen LogP contribution in [0.25, 0.3) is 16.8 Å². The van der Waals surface area contributed by atoms with Crippen LogP contribution < -0.4 is 4.90 Å². The lowest BCUT2D eigenvalue weighted by Gasteiger charge is -2.32. The first-order valence-electron chi connectivity index (χ1n) is 11.8. The minimum absolute atomic E-state index is 0.249. The Hall–Kier alpha value is -4.31. The van der Waals surface area contributed by atoms with Crippen molar-refractivity contribution >= 4 is 17.2 Å². The molecule has 4 heteroatoms. The first-order chi connectivity index (χ1) is 17.2. The van der Waals surface area contributed by atoms with Gasteiger partial charge in [0.2, 0.25) is 0 Å². The molecule has 0 unspecified atom stereocenters. The van der Waals surface area contributed by atoms with Crippen molar-refractivity contribution in [1.82, 2.24) is 4.40 Å². The van der Waals surface area contributed by atoms with Crippen molar-refractivity contribution in [2.45, 2.75) is 19.0 Å². The highest BCUT2D eigenvalue weighted by molar-refractivity contribution is 5.88. The Kier molecular flexibility index (Phi) is 6.62. The predicted octanol–water partition coefficient (Wildman–Crippen LogP) is 6.40. The summed E-state index contributed by atoms with van der Waals surface area (Å²) in [5, 5.41) is 0. The van der Waals surface area contributed by atoms with Gasteiger partial charge in [-0.15, -0.1) is 0 Å². The molecule has 5 aromatic rings. The largest absolute Gasteiger partial charge is 0.467 e. The third-order valence-corrected chi connectivity index (χ3v) is 6.35. The molecule has 0 radical (unpaired) electrons. The molecule has 0 fully saturated rings. The standard InChI is InChI=1S/C31H28N2O2/c1-35-31(34)30(21-24-13-5-2-6-14-24)33(23-25-15-7-3-8-16-25)29-22-28(26-17-9-4-10-18-26)32-20-12-11-19-27(29)32/h2-20,22,30H,21,23H2,1H3/t30-/m1/s1. The van der Waals surface area contributed by atoms with Gasteiger partial charge in [0.1, 0.15) is 6.04 Å². The number of rotatable bonds is 8. The van der Waals surface area contributed by atoms with Crippen molar-refractivity contribution in [3.05, 3.63) is 133 Å². The molecule has 35 heavy (non-hydrogen) atoms. The molecular formula is C31H28N2O2. The molecule has 174 valence electrons. The van der Waals surface area contributed by atoms with Gasteiger partial charge in [0.15, 0.2) is 0 Å². The smallest absolute Gasteiger partial charge is 0.328 e. The fraction of sp³-hybridized carbons (Fsp3) is 0.129. The van der Waals surface area contributed by atoms with E-state index in [0.29, 0.717) is 13.0 Å². The summed E-state index contributed by atoms with van der Waals surface area (Å²) < 4.78 is 7.53. The predicted molar refractivity (Wildman–Crippen MR) is 141 cm³/mol. The molecule has 2 heterocycles. The number of fused-ring (bicyclic) bond motifs is 1. The summed E-state index contributed by atoms with van der Waals surface area (Å²) in [4.78, 5) is 15.5. The van der Waals surface area contributed by atoms with Crippen LogP contribution >= 0.6 is 0 Å². The highest BCUT2D eigenvalue weighted by Gasteiger charge is 2.30. The van der Waals surface area contributed by atoms with Gasteiger partial charge < -0.3 is 14.0 Å². The monoisotopic (exact) mass is 460 g/mol. The number of carbonyl (C=O) groups is 1. The number of hydrogen-bond donors (Lipinski definition) is 0. The molecule has 0 amide bonds. The van der Waals surface area contributed by atoms with Crippen molar-refractivity contribution in [3.8, 4) is 11.3 Å². The summed E-state index contributed by atoms with van der Waals surface area (Å²) >= 11 is 0. The number of pyridine rings is 1. The Balaban J connectivity index is 1.68. The van der Waals surface area contributed by atoms with Crippen molar-refractivity contribution < 1.29 is 9.53 Å². The Bertz CT molecular complexity index is 1400. The van der Waals surface area contributed by atoms with E-state index in [2.05, 4.69) is 64.0 Å². The molecule has 0 bridgehead atoms.